The summed E-state index contributed by atoms with van der Waals surface area (Å²) in [6.07, 6.45) is 4.59. The van der Waals surface area contributed by atoms with Crippen LogP contribution >= 0.6 is 0 Å². The lowest BCUT2D eigenvalue weighted by molar-refractivity contribution is -0.757. The molecule has 0 saturated heterocycles. The minimum atomic E-state index is -2.10. The zero-order chi connectivity index (χ0) is 23.4. The maximum Gasteiger partial charge on any atom is 0.472 e. The van der Waals surface area contributed by atoms with Crippen molar-refractivity contribution in [2.45, 2.75) is 43.6 Å². The Hall–Kier alpha value is -3.09. The lowest BCUT2D eigenvalue weighted by atomic mass is 9.46. The molecule has 0 bridgehead atoms. The molecule has 1 heterocycles. The van der Waals surface area contributed by atoms with E-state index in [0.717, 1.165) is 48.6 Å². The smallest absolute Gasteiger partial charge is 0.472 e. The molecule has 5 rings (SSSR count). The Bertz CT molecular complexity index is 1080. The van der Waals surface area contributed by atoms with E-state index in [1.165, 1.54) is 0 Å². The average Bonchev–Trinajstić information content (AvgIpc) is 3.26. The summed E-state index contributed by atoms with van der Waals surface area (Å²) in [5.41, 5.74) is 1.91. The van der Waals surface area contributed by atoms with Gasteiger partial charge in [-0.25, -0.2) is 0 Å². The predicted molar refractivity (Wildman–Crippen MR) is 135 cm³/mol. The van der Waals surface area contributed by atoms with Crippen LogP contribution in [0, 0.1) is 0 Å². The third kappa shape index (κ3) is 4.36. The second-order valence-corrected chi connectivity index (χ2v) is 9.56. The van der Waals surface area contributed by atoms with Crippen molar-refractivity contribution in [3.63, 3.8) is 0 Å². The van der Waals surface area contributed by atoms with Gasteiger partial charge in [0.2, 0.25) is 6.54 Å². The van der Waals surface area contributed by atoms with E-state index in [1.807, 2.05) is 91.0 Å². The summed E-state index contributed by atoms with van der Waals surface area (Å²) in [6, 6.07) is 29.8. The van der Waals surface area contributed by atoms with Crippen LogP contribution in [0.3, 0.4) is 0 Å². The van der Waals surface area contributed by atoms with Crippen LogP contribution in [0.15, 0.2) is 91.0 Å². The van der Waals surface area contributed by atoms with Crippen molar-refractivity contribution in [1.82, 2.24) is 0 Å². The van der Waals surface area contributed by atoms with Gasteiger partial charge >= 0.3 is 12.4 Å². The van der Waals surface area contributed by atoms with Crippen molar-refractivity contribution in [1.29, 1.82) is 0 Å². The minimum Gasteiger partial charge on any atom is -0.624 e. The van der Waals surface area contributed by atoms with E-state index in [0.29, 0.717) is 12.4 Å². The summed E-state index contributed by atoms with van der Waals surface area (Å²) >= 11 is 0. The van der Waals surface area contributed by atoms with Crippen molar-refractivity contribution >= 4 is 23.4 Å². The summed E-state index contributed by atoms with van der Waals surface area (Å²) in [7, 11) is 0. The lowest BCUT2D eigenvalue weighted by Crippen LogP contribution is -2.62. The molecule has 1 aliphatic heterocycles. The summed E-state index contributed by atoms with van der Waals surface area (Å²) in [5, 5.41) is 21.9. The normalized spacial score (nSPS) is 19.8. The van der Waals surface area contributed by atoms with Gasteiger partial charge in [0.15, 0.2) is 0 Å². The minimum absolute atomic E-state index is 0.132. The molecular weight excluding hydrogens is 425 g/mol. The highest BCUT2D eigenvalue weighted by molar-refractivity contribution is 6.93. The monoisotopic (exact) mass is 457 g/mol. The Morgan fingerprint density at radius 3 is 1.85 bits per heavy atom. The van der Waals surface area contributed by atoms with Crippen LogP contribution in [0.25, 0.3) is 0 Å². The van der Waals surface area contributed by atoms with Crippen LogP contribution in [-0.2, 0) is 9.41 Å². The third-order valence-corrected chi connectivity index (χ3v) is 7.19. The summed E-state index contributed by atoms with van der Waals surface area (Å²) < 4.78 is 15.3. The Morgan fingerprint density at radius 2 is 1.32 bits per heavy atom. The number of rotatable bonds is 7. The summed E-state index contributed by atoms with van der Waals surface area (Å²) in [6.45, 7) is -1.93. The van der Waals surface area contributed by atoms with Crippen molar-refractivity contribution in [3.05, 3.63) is 96.6 Å². The third-order valence-electron chi connectivity index (χ3n) is 7.19. The molecule has 5 nitrogen and oxygen atoms in total. The molecule has 6 heteroatoms. The van der Waals surface area contributed by atoms with E-state index in [-0.39, 0.29) is 6.61 Å². The molecular formula is C28H32BNO4. The lowest BCUT2D eigenvalue weighted by Gasteiger charge is -2.33. The van der Waals surface area contributed by atoms with Crippen LogP contribution < -0.4 is 10.9 Å². The largest absolute Gasteiger partial charge is 0.624 e. The molecule has 0 radical (unpaired) electrons. The molecule has 176 valence electrons. The molecule has 2 N–H and O–H groups in total. The number of benzene rings is 3. The highest BCUT2D eigenvalue weighted by Gasteiger charge is 2.52. The molecule has 1 fully saturated rings. The van der Waals surface area contributed by atoms with Crippen LogP contribution in [0.2, 0.25) is 0 Å². The van der Waals surface area contributed by atoms with Gasteiger partial charge < -0.3 is 19.6 Å². The van der Waals surface area contributed by atoms with Gasteiger partial charge in [-0.05, 0) is 23.1 Å². The first-order valence-corrected chi connectivity index (χ1v) is 12.3. The number of β-amino-alcohol motifs (C(OH)–C–C–N with tert-alkyl or cyclic N) is 1. The molecule has 0 aromatic heterocycles. The van der Waals surface area contributed by atoms with Gasteiger partial charge in [-0.3, -0.25) is 0 Å². The van der Waals surface area contributed by atoms with E-state index in [1.54, 1.807) is 4.74 Å². The van der Waals surface area contributed by atoms with E-state index in [4.69, 9.17) is 9.41 Å². The zero-order valence-electron chi connectivity index (χ0n) is 19.4. The summed E-state index contributed by atoms with van der Waals surface area (Å²) in [4.78, 5) is 0. The van der Waals surface area contributed by atoms with E-state index in [9.17, 15) is 10.2 Å². The van der Waals surface area contributed by atoms with Crippen molar-refractivity contribution in [2.75, 3.05) is 13.2 Å². The number of aliphatic hydroxyl groups excluding tert-OH is 1. The van der Waals surface area contributed by atoms with Gasteiger partial charge in [-0.1, -0.05) is 110 Å². The molecule has 3 aromatic carbocycles. The van der Waals surface area contributed by atoms with Gasteiger partial charge in [0.1, 0.15) is 11.5 Å². The molecule has 34 heavy (non-hydrogen) atoms. The molecule has 1 aliphatic carbocycles. The van der Waals surface area contributed by atoms with Gasteiger partial charge in [0.05, 0.1) is 6.61 Å². The SMILES string of the molecule is OC[C@H](C1=[N+](CC2(O)CCCCC2)O[B-](c2ccccc2)(c2ccccc2)O1)c1ccccc1. The topological polar surface area (TPSA) is 61.9 Å². The fourth-order valence-corrected chi connectivity index (χ4v) is 5.36. The van der Waals surface area contributed by atoms with Crippen LogP contribution in [0.4, 0.5) is 0 Å². The second-order valence-electron chi connectivity index (χ2n) is 9.56. The zero-order valence-corrected chi connectivity index (χ0v) is 19.4. The quantitative estimate of drug-likeness (QED) is 0.423. The Kier molecular flexibility index (Phi) is 6.44. The number of hydroxylamine groups is 1. The Labute approximate surface area is 201 Å². The Balaban J connectivity index is 1.62. The highest BCUT2D eigenvalue weighted by atomic mass is 16.8. The molecule has 1 atom stereocenters. The van der Waals surface area contributed by atoms with Gasteiger partial charge in [0, 0.05) is 0 Å². The number of hydrogen-bond donors (Lipinski definition) is 2. The van der Waals surface area contributed by atoms with Crippen molar-refractivity contribution in [3.8, 4) is 0 Å². The Morgan fingerprint density at radius 1 is 0.794 bits per heavy atom. The van der Waals surface area contributed by atoms with E-state index >= 15 is 0 Å². The number of aliphatic hydroxyl groups is 2. The van der Waals surface area contributed by atoms with Crippen molar-refractivity contribution < 1.29 is 24.4 Å². The van der Waals surface area contributed by atoms with Gasteiger partial charge in [-0.2, -0.15) is 0 Å². The molecule has 1 saturated carbocycles. The molecule has 2 aliphatic rings. The van der Waals surface area contributed by atoms with Crippen LogP contribution in [-0.4, -0.2) is 46.2 Å². The first kappa shape index (κ1) is 22.7. The van der Waals surface area contributed by atoms with Gasteiger partial charge in [0.25, 0.3) is 0 Å². The maximum atomic E-state index is 11.4. The van der Waals surface area contributed by atoms with Crippen LogP contribution in [0.1, 0.15) is 43.6 Å². The molecule has 0 spiro atoms. The molecule has 0 unspecified atom stereocenters. The number of nitrogens with zero attached hydrogens (tertiary/aromatic N) is 1. The van der Waals surface area contributed by atoms with Gasteiger partial charge in [-0.15, -0.1) is 10.9 Å². The van der Waals surface area contributed by atoms with Crippen LogP contribution in [0.5, 0.6) is 0 Å². The fourth-order valence-electron chi connectivity index (χ4n) is 5.36. The fraction of sp³-hybridized carbons (Fsp3) is 0.321. The molecule has 0 amide bonds. The highest BCUT2D eigenvalue weighted by Crippen LogP contribution is 2.32. The first-order valence-electron chi connectivity index (χ1n) is 12.3. The summed E-state index contributed by atoms with van der Waals surface area (Å²) in [5.74, 6) is 0.130. The van der Waals surface area contributed by atoms with E-state index < -0.39 is 18.1 Å². The first-order chi connectivity index (χ1) is 16.6. The second kappa shape index (κ2) is 9.65. The molecule has 3 aromatic rings. The maximum absolute atomic E-state index is 11.4. The standard InChI is InChI=1S/C28H32BNO4/c31-21-26(23-13-5-1-6-14-23)27-30(22-28(32)19-11-4-12-20-28)34-29(33-27,24-15-7-2-8-16-24)25-17-9-3-10-18-25/h1-3,5-10,13-18,26,31-32H,4,11-12,19-22H2/t26-/m0/s1. The predicted octanol–water partition coefficient (Wildman–Crippen LogP) is 3.09. The van der Waals surface area contributed by atoms with E-state index in [2.05, 4.69) is 0 Å². The van der Waals surface area contributed by atoms with Crippen molar-refractivity contribution in [2.24, 2.45) is 0 Å². The number of hydrogen-bond acceptors (Lipinski definition) is 4. The average molecular weight is 457 g/mol.